The summed E-state index contributed by atoms with van der Waals surface area (Å²) in [6.07, 6.45) is 5.65. The smallest absolute Gasteiger partial charge is 0.343 e. The summed E-state index contributed by atoms with van der Waals surface area (Å²) in [5.41, 5.74) is 0.692. The van der Waals surface area contributed by atoms with Crippen LogP contribution < -0.4 is 10.3 Å². The number of pyridine rings is 1. The lowest BCUT2D eigenvalue weighted by atomic mass is 10.0. The van der Waals surface area contributed by atoms with Crippen molar-refractivity contribution in [3.05, 3.63) is 27.7 Å². The first-order valence-corrected chi connectivity index (χ1v) is 12.0. The van der Waals surface area contributed by atoms with Gasteiger partial charge >= 0.3 is 5.97 Å². The van der Waals surface area contributed by atoms with Crippen molar-refractivity contribution < 1.29 is 19.1 Å². The van der Waals surface area contributed by atoms with Crippen molar-refractivity contribution in [1.29, 1.82) is 0 Å². The summed E-state index contributed by atoms with van der Waals surface area (Å²) in [5, 5.41) is 0. The molecule has 8 nitrogen and oxygen atoms in total. The van der Waals surface area contributed by atoms with E-state index >= 15 is 0 Å². The van der Waals surface area contributed by atoms with E-state index < -0.39 is 5.97 Å². The predicted octanol–water partition coefficient (Wildman–Crippen LogP) is 2.32. The first kappa shape index (κ1) is 24.3. The maximum absolute atomic E-state index is 12.9. The highest BCUT2D eigenvalue weighted by Gasteiger charge is 2.29. The number of aromatic nitrogens is 1. The number of hydrogen-bond donors (Lipinski definition) is 0. The Morgan fingerprint density at radius 1 is 1.03 bits per heavy atom. The lowest BCUT2D eigenvalue weighted by Crippen LogP contribution is -2.38. The highest BCUT2D eigenvalue weighted by atomic mass is 16.5. The zero-order chi connectivity index (χ0) is 23.1. The molecule has 1 aromatic heterocycles. The van der Waals surface area contributed by atoms with Gasteiger partial charge in [0.05, 0.1) is 7.11 Å². The zero-order valence-electron chi connectivity index (χ0n) is 19.7. The normalized spacial score (nSPS) is 17.1. The molecule has 0 unspecified atom stereocenters. The minimum absolute atomic E-state index is 0.0123. The number of piperidine rings is 1. The van der Waals surface area contributed by atoms with Gasteiger partial charge in [0.15, 0.2) is 0 Å². The maximum Gasteiger partial charge on any atom is 0.343 e. The van der Waals surface area contributed by atoms with Gasteiger partial charge in [0.1, 0.15) is 17.9 Å². The van der Waals surface area contributed by atoms with Gasteiger partial charge in [0.25, 0.3) is 5.56 Å². The average molecular weight is 448 g/mol. The Hall–Kier alpha value is -2.35. The Labute approximate surface area is 190 Å². The second-order valence-corrected chi connectivity index (χ2v) is 8.65. The van der Waals surface area contributed by atoms with Crippen LogP contribution in [0, 0.1) is 5.92 Å². The quantitative estimate of drug-likeness (QED) is 0.569. The number of esters is 1. The van der Waals surface area contributed by atoms with Crippen LogP contribution in [0.5, 0.6) is 5.75 Å². The summed E-state index contributed by atoms with van der Waals surface area (Å²) >= 11 is 0. The Kier molecular flexibility index (Phi) is 8.73. The van der Waals surface area contributed by atoms with Crippen molar-refractivity contribution in [1.82, 2.24) is 14.4 Å². The molecular weight excluding hydrogens is 410 g/mol. The van der Waals surface area contributed by atoms with E-state index in [2.05, 4.69) is 4.90 Å². The van der Waals surface area contributed by atoms with Gasteiger partial charge in [0.2, 0.25) is 5.91 Å². The largest absolute Gasteiger partial charge is 0.491 e. The summed E-state index contributed by atoms with van der Waals surface area (Å²) in [6.45, 7) is 8.61. The van der Waals surface area contributed by atoms with Gasteiger partial charge in [-0.2, -0.15) is 0 Å². The summed E-state index contributed by atoms with van der Waals surface area (Å²) in [5.74, 6) is -0.124. The van der Waals surface area contributed by atoms with Gasteiger partial charge in [-0.05, 0) is 38.8 Å². The van der Waals surface area contributed by atoms with E-state index in [0.29, 0.717) is 43.9 Å². The van der Waals surface area contributed by atoms with Crippen LogP contribution in [0.4, 0.5) is 0 Å². The Morgan fingerprint density at radius 3 is 2.41 bits per heavy atom. The molecule has 0 aromatic carbocycles. The van der Waals surface area contributed by atoms with Crippen molar-refractivity contribution in [2.24, 2.45) is 5.92 Å². The number of carbonyl (C=O) groups excluding carboxylic acids is 2. The molecule has 1 saturated heterocycles. The van der Waals surface area contributed by atoms with E-state index in [1.54, 1.807) is 4.57 Å². The fraction of sp³-hybridized carbons (Fsp3) is 0.708. The molecule has 3 rings (SSSR count). The van der Waals surface area contributed by atoms with Crippen LogP contribution in [-0.4, -0.2) is 72.7 Å². The van der Waals surface area contributed by atoms with E-state index in [9.17, 15) is 14.4 Å². The van der Waals surface area contributed by atoms with E-state index in [4.69, 9.17) is 9.47 Å². The number of hydrogen-bond acceptors (Lipinski definition) is 6. The third-order valence-electron chi connectivity index (χ3n) is 6.74. The van der Waals surface area contributed by atoms with Crippen molar-refractivity contribution in [2.75, 3.05) is 46.4 Å². The van der Waals surface area contributed by atoms with E-state index in [1.165, 1.54) is 32.4 Å². The van der Waals surface area contributed by atoms with Crippen molar-refractivity contribution in [3.63, 3.8) is 0 Å². The molecule has 0 atom stereocenters. The van der Waals surface area contributed by atoms with Crippen LogP contribution >= 0.6 is 0 Å². The van der Waals surface area contributed by atoms with Gasteiger partial charge in [-0.1, -0.05) is 20.3 Å². The number of rotatable bonds is 8. The number of nitrogens with zero attached hydrogens (tertiary/aromatic N) is 3. The fourth-order valence-corrected chi connectivity index (χ4v) is 4.77. The van der Waals surface area contributed by atoms with Crippen LogP contribution in [0.3, 0.4) is 0 Å². The van der Waals surface area contributed by atoms with Crippen LogP contribution in [0.2, 0.25) is 0 Å². The molecule has 0 N–H and O–H groups in total. The summed E-state index contributed by atoms with van der Waals surface area (Å²) in [4.78, 5) is 42.7. The van der Waals surface area contributed by atoms with Crippen LogP contribution in [0.1, 0.15) is 62.0 Å². The Morgan fingerprint density at radius 2 is 1.75 bits per heavy atom. The van der Waals surface area contributed by atoms with Crippen LogP contribution in [-0.2, 0) is 22.5 Å². The molecule has 32 heavy (non-hydrogen) atoms. The SMILES string of the molecule is CCC(CC)C(=O)N1CCc2c(C(=O)OC)c(OCCN3CCCCC3)cc(=O)n2CC1. The second kappa shape index (κ2) is 11.5. The average Bonchev–Trinajstić information content (AvgIpc) is 3.04. The molecule has 3 heterocycles. The molecule has 1 aromatic rings. The molecule has 0 saturated carbocycles. The van der Waals surface area contributed by atoms with E-state index in [1.807, 2.05) is 18.7 Å². The number of amides is 1. The number of methoxy groups -OCH3 is 1. The van der Waals surface area contributed by atoms with Gasteiger partial charge in [0, 0.05) is 50.3 Å². The van der Waals surface area contributed by atoms with Crippen LogP contribution in [0.15, 0.2) is 10.9 Å². The second-order valence-electron chi connectivity index (χ2n) is 8.65. The minimum Gasteiger partial charge on any atom is -0.491 e. The van der Waals surface area contributed by atoms with Crippen molar-refractivity contribution >= 4 is 11.9 Å². The Bertz CT molecular complexity index is 856. The lowest BCUT2D eigenvalue weighted by molar-refractivity contribution is -0.135. The first-order chi connectivity index (χ1) is 15.5. The van der Waals surface area contributed by atoms with Gasteiger partial charge in [-0.25, -0.2) is 4.79 Å². The molecular formula is C24H37N3O5. The molecule has 2 aliphatic heterocycles. The monoisotopic (exact) mass is 447 g/mol. The number of carbonyl (C=O) groups is 2. The van der Waals surface area contributed by atoms with Crippen molar-refractivity contribution in [3.8, 4) is 5.75 Å². The lowest BCUT2D eigenvalue weighted by Gasteiger charge is -2.26. The summed E-state index contributed by atoms with van der Waals surface area (Å²) in [6, 6.07) is 1.39. The van der Waals surface area contributed by atoms with Gasteiger partial charge in [-0.15, -0.1) is 0 Å². The maximum atomic E-state index is 12.9. The predicted molar refractivity (Wildman–Crippen MR) is 122 cm³/mol. The van der Waals surface area contributed by atoms with E-state index in [-0.39, 0.29) is 23.1 Å². The van der Waals surface area contributed by atoms with Crippen LogP contribution in [0.25, 0.3) is 0 Å². The van der Waals surface area contributed by atoms with Gasteiger partial charge < -0.3 is 18.9 Å². The Balaban J connectivity index is 1.82. The first-order valence-electron chi connectivity index (χ1n) is 12.0. The highest BCUT2D eigenvalue weighted by molar-refractivity contribution is 5.93. The molecule has 178 valence electrons. The summed E-state index contributed by atoms with van der Waals surface area (Å²) in [7, 11) is 1.33. The van der Waals surface area contributed by atoms with Gasteiger partial charge in [-0.3, -0.25) is 14.5 Å². The molecule has 0 bridgehead atoms. The minimum atomic E-state index is -0.513. The van der Waals surface area contributed by atoms with Crippen molar-refractivity contribution in [2.45, 2.75) is 58.9 Å². The zero-order valence-corrected chi connectivity index (χ0v) is 19.7. The third kappa shape index (κ3) is 5.52. The number of likely N-dealkylation sites (tertiary alicyclic amines) is 1. The number of ether oxygens (including phenoxy) is 2. The molecule has 2 aliphatic rings. The molecule has 8 heteroatoms. The molecule has 0 aliphatic carbocycles. The highest BCUT2D eigenvalue weighted by Crippen LogP contribution is 2.25. The summed E-state index contributed by atoms with van der Waals surface area (Å²) < 4.78 is 12.6. The topological polar surface area (TPSA) is 81.1 Å². The molecule has 1 amide bonds. The van der Waals surface area contributed by atoms with E-state index in [0.717, 1.165) is 32.5 Å². The molecule has 0 radical (unpaired) electrons. The molecule has 0 spiro atoms. The third-order valence-corrected chi connectivity index (χ3v) is 6.74. The fourth-order valence-electron chi connectivity index (χ4n) is 4.77. The molecule has 1 fully saturated rings. The standard InChI is InChI=1S/C24H37N3O5/c1-4-18(5-2)23(29)26-12-9-19-22(24(30)31-3)20(17-21(28)27(19)14-13-26)32-16-15-25-10-7-6-8-11-25/h17-18H,4-16H2,1-3H3. The number of fused-ring (bicyclic) bond motifs is 1.